The molecule has 1 heterocycles. The van der Waals surface area contributed by atoms with Gasteiger partial charge in [0, 0.05) is 32.3 Å². The summed E-state index contributed by atoms with van der Waals surface area (Å²) in [4.78, 5) is 9.51. The minimum atomic E-state index is -0.305. The lowest BCUT2D eigenvalue weighted by Crippen LogP contribution is -2.25. The summed E-state index contributed by atoms with van der Waals surface area (Å²) in [6, 6.07) is 4.91. The predicted molar refractivity (Wildman–Crippen MR) is 88.1 cm³/mol. The molecule has 0 saturated carbocycles. The average molecular weight is 340 g/mol. The third kappa shape index (κ3) is 4.43. The third-order valence-electron chi connectivity index (χ3n) is 2.83. The Morgan fingerprint density at radius 3 is 2.95 bits per heavy atom. The van der Waals surface area contributed by atoms with Gasteiger partial charge in [-0.25, -0.2) is 4.85 Å². The Kier molecular flexibility index (Phi) is 6.03. The zero-order chi connectivity index (χ0) is 15.2. The highest BCUT2D eigenvalue weighted by molar-refractivity contribution is 7.99. The number of benzene rings is 1. The van der Waals surface area contributed by atoms with Crippen molar-refractivity contribution < 1.29 is 5.11 Å². The monoisotopic (exact) mass is 339 g/mol. The average Bonchev–Trinajstić information content (AvgIpc) is 3.01. The maximum Gasteiger partial charge on any atom is 0.200 e. The van der Waals surface area contributed by atoms with Crippen LogP contribution in [0.5, 0.6) is 0 Å². The van der Waals surface area contributed by atoms with Crippen LogP contribution in [0.2, 0.25) is 5.02 Å². The standard InChI is InChI=1S/C14H14ClN3OS2/c1-17-11-3-2-9(15)4-12(11)21-13(5-10(16)7-19)14-6-18-8-20-14/h2-4,6,8,10,13,19H,5,7,16H2/t10-,13+/m0/s1. The SMILES string of the molecule is [C-]#[N+]c1ccc(Cl)cc1S[C@H](C[C@H](N)CO)c1cncs1. The van der Waals surface area contributed by atoms with Crippen molar-refractivity contribution in [2.45, 2.75) is 22.6 Å². The third-order valence-corrected chi connectivity index (χ3v) is 5.42. The topological polar surface area (TPSA) is 63.5 Å². The largest absolute Gasteiger partial charge is 0.395 e. The van der Waals surface area contributed by atoms with Gasteiger partial charge in [-0.15, -0.1) is 23.1 Å². The van der Waals surface area contributed by atoms with Gasteiger partial charge < -0.3 is 10.8 Å². The molecule has 3 N–H and O–H groups in total. The van der Waals surface area contributed by atoms with Gasteiger partial charge in [-0.1, -0.05) is 23.7 Å². The molecular formula is C14H14ClN3OS2. The van der Waals surface area contributed by atoms with Crippen molar-refractivity contribution in [1.82, 2.24) is 4.98 Å². The summed E-state index contributed by atoms with van der Waals surface area (Å²) in [5.41, 5.74) is 8.20. The summed E-state index contributed by atoms with van der Waals surface area (Å²) in [6.45, 7) is 7.18. The number of thioether (sulfide) groups is 1. The first-order valence-corrected chi connectivity index (χ1v) is 8.36. The van der Waals surface area contributed by atoms with Gasteiger partial charge in [-0.3, -0.25) is 4.98 Å². The highest BCUT2D eigenvalue weighted by atomic mass is 35.5. The summed E-state index contributed by atoms with van der Waals surface area (Å²) in [5, 5.41) is 9.81. The fourth-order valence-electron chi connectivity index (χ4n) is 1.78. The van der Waals surface area contributed by atoms with Crippen molar-refractivity contribution >= 4 is 40.4 Å². The second kappa shape index (κ2) is 7.78. The Morgan fingerprint density at radius 2 is 2.33 bits per heavy atom. The van der Waals surface area contributed by atoms with Crippen LogP contribution in [0.25, 0.3) is 4.85 Å². The van der Waals surface area contributed by atoms with E-state index in [9.17, 15) is 5.11 Å². The molecule has 0 aliphatic rings. The van der Waals surface area contributed by atoms with Crippen molar-refractivity contribution in [2.75, 3.05) is 6.61 Å². The molecule has 0 spiro atoms. The van der Waals surface area contributed by atoms with Crippen LogP contribution < -0.4 is 5.73 Å². The van der Waals surface area contributed by atoms with E-state index in [1.165, 1.54) is 11.8 Å². The smallest absolute Gasteiger partial charge is 0.200 e. The van der Waals surface area contributed by atoms with Crippen molar-refractivity contribution in [2.24, 2.45) is 5.73 Å². The number of hydrogen-bond acceptors (Lipinski definition) is 5. The van der Waals surface area contributed by atoms with Crippen molar-refractivity contribution in [3.63, 3.8) is 0 Å². The normalized spacial score (nSPS) is 13.6. The molecule has 2 rings (SSSR count). The van der Waals surface area contributed by atoms with Gasteiger partial charge in [0.25, 0.3) is 0 Å². The van der Waals surface area contributed by atoms with Crippen LogP contribution in [0.4, 0.5) is 5.69 Å². The van der Waals surface area contributed by atoms with Gasteiger partial charge in [0.05, 0.1) is 18.7 Å². The van der Waals surface area contributed by atoms with Crippen LogP contribution in [0, 0.1) is 6.57 Å². The van der Waals surface area contributed by atoms with E-state index < -0.39 is 0 Å². The highest BCUT2D eigenvalue weighted by Gasteiger charge is 2.20. The molecule has 110 valence electrons. The van der Waals surface area contributed by atoms with Crippen molar-refractivity contribution in [1.29, 1.82) is 0 Å². The van der Waals surface area contributed by atoms with Gasteiger partial charge >= 0.3 is 0 Å². The molecule has 21 heavy (non-hydrogen) atoms. The first-order valence-electron chi connectivity index (χ1n) is 6.22. The van der Waals surface area contributed by atoms with E-state index in [1.807, 2.05) is 0 Å². The number of aliphatic hydroxyl groups is 1. The first-order chi connectivity index (χ1) is 10.1. The Balaban J connectivity index is 2.27. The van der Waals surface area contributed by atoms with E-state index >= 15 is 0 Å². The summed E-state index contributed by atoms with van der Waals surface area (Å²) < 4.78 is 0. The second-order valence-electron chi connectivity index (χ2n) is 4.41. The fourth-order valence-corrected chi connectivity index (χ4v) is 4.20. The molecule has 0 unspecified atom stereocenters. The number of nitrogens with zero attached hydrogens (tertiary/aromatic N) is 2. The Labute approximate surface area is 136 Å². The van der Waals surface area contributed by atoms with Crippen LogP contribution in [0.1, 0.15) is 16.5 Å². The summed E-state index contributed by atoms with van der Waals surface area (Å²) in [6.07, 6.45) is 2.40. The van der Waals surface area contributed by atoms with E-state index in [2.05, 4.69) is 9.83 Å². The Morgan fingerprint density at radius 1 is 1.52 bits per heavy atom. The van der Waals surface area contributed by atoms with Gasteiger partial charge in [-0.2, -0.15) is 0 Å². The molecule has 0 aliphatic heterocycles. The van der Waals surface area contributed by atoms with E-state index in [-0.39, 0.29) is 17.9 Å². The van der Waals surface area contributed by atoms with E-state index in [1.54, 1.807) is 41.2 Å². The molecule has 1 aromatic heterocycles. The zero-order valence-electron chi connectivity index (χ0n) is 11.1. The molecule has 0 fully saturated rings. The number of halogens is 1. The predicted octanol–water partition coefficient (Wildman–Crippen LogP) is 3.89. The maximum atomic E-state index is 9.18. The molecule has 2 atom stereocenters. The molecule has 1 aromatic carbocycles. The lowest BCUT2D eigenvalue weighted by Gasteiger charge is -2.19. The fraction of sp³-hybridized carbons (Fsp3) is 0.286. The van der Waals surface area contributed by atoms with Crippen molar-refractivity contribution in [3.05, 3.63) is 51.2 Å². The number of nitrogens with two attached hydrogens (primary N) is 1. The van der Waals surface area contributed by atoms with E-state index in [0.717, 1.165) is 9.77 Å². The number of hydrogen-bond donors (Lipinski definition) is 2. The van der Waals surface area contributed by atoms with Crippen LogP contribution in [-0.4, -0.2) is 22.7 Å². The van der Waals surface area contributed by atoms with Crippen LogP contribution in [0.15, 0.2) is 34.8 Å². The summed E-state index contributed by atoms with van der Waals surface area (Å²) in [7, 11) is 0. The molecule has 0 amide bonds. The molecule has 0 radical (unpaired) electrons. The highest BCUT2D eigenvalue weighted by Crippen LogP contribution is 2.44. The van der Waals surface area contributed by atoms with Crippen LogP contribution in [0.3, 0.4) is 0 Å². The van der Waals surface area contributed by atoms with Gasteiger partial charge in [0.15, 0.2) is 0 Å². The zero-order valence-corrected chi connectivity index (χ0v) is 13.5. The molecular weight excluding hydrogens is 326 g/mol. The maximum absolute atomic E-state index is 9.18. The molecule has 0 aliphatic carbocycles. The molecule has 7 heteroatoms. The number of aromatic nitrogens is 1. The molecule has 2 aromatic rings. The van der Waals surface area contributed by atoms with Crippen molar-refractivity contribution in [3.8, 4) is 0 Å². The molecule has 4 nitrogen and oxygen atoms in total. The number of aliphatic hydroxyl groups excluding tert-OH is 1. The lowest BCUT2D eigenvalue weighted by molar-refractivity contribution is 0.260. The van der Waals surface area contributed by atoms with E-state index in [4.69, 9.17) is 23.9 Å². The van der Waals surface area contributed by atoms with Gasteiger partial charge in [0.1, 0.15) is 0 Å². The Bertz CT molecular complexity index is 628. The summed E-state index contributed by atoms with van der Waals surface area (Å²) in [5.74, 6) is 0. The number of rotatable bonds is 6. The molecule has 0 bridgehead atoms. The summed E-state index contributed by atoms with van der Waals surface area (Å²) >= 11 is 9.10. The second-order valence-corrected chi connectivity index (χ2v) is 7.01. The van der Waals surface area contributed by atoms with Gasteiger partial charge in [0.2, 0.25) is 5.69 Å². The Hall–Kier alpha value is -1.10. The molecule has 0 saturated heterocycles. The number of thiazole rings is 1. The van der Waals surface area contributed by atoms with Crippen LogP contribution in [-0.2, 0) is 0 Å². The minimum absolute atomic E-state index is 0.0404. The van der Waals surface area contributed by atoms with E-state index in [0.29, 0.717) is 17.1 Å². The lowest BCUT2D eigenvalue weighted by atomic mass is 10.1. The minimum Gasteiger partial charge on any atom is -0.395 e. The quantitative estimate of drug-likeness (QED) is 0.619. The van der Waals surface area contributed by atoms with Crippen LogP contribution >= 0.6 is 34.7 Å². The van der Waals surface area contributed by atoms with Gasteiger partial charge in [-0.05, 0) is 12.5 Å². The first kappa shape index (κ1) is 16.3.